The third-order valence-corrected chi connectivity index (χ3v) is 8.31. The lowest BCUT2D eigenvalue weighted by Crippen LogP contribution is -2.45. The number of carbonyl (C=O) groups excluding carboxylic acids is 3. The molecule has 0 spiro atoms. The number of ether oxygens (including phenoxy) is 1. The van der Waals surface area contributed by atoms with Crippen LogP contribution < -0.4 is 5.32 Å². The Morgan fingerprint density at radius 3 is 2.24 bits per heavy atom. The molecule has 0 bridgehead atoms. The maximum absolute atomic E-state index is 13.8. The number of hydrogen-bond donors (Lipinski definition) is 3. The fourth-order valence-electron chi connectivity index (χ4n) is 5.86. The van der Waals surface area contributed by atoms with E-state index in [0.29, 0.717) is 32.2 Å². The zero-order valence-electron chi connectivity index (χ0n) is 25.4. The van der Waals surface area contributed by atoms with Crippen LogP contribution in [0.15, 0.2) is 103 Å². The second-order valence-electron chi connectivity index (χ2n) is 11.7. The highest BCUT2D eigenvalue weighted by molar-refractivity contribution is 5.87. The third-order valence-electron chi connectivity index (χ3n) is 8.31. The number of para-hydroxylation sites is 1. The number of aliphatic hydroxyl groups is 1. The summed E-state index contributed by atoms with van der Waals surface area (Å²) in [4.78, 5) is 45.5. The number of allylic oxidation sites excluding steroid dienone is 2. The Kier molecular flexibility index (Phi) is 11.2. The summed E-state index contributed by atoms with van der Waals surface area (Å²) in [6.07, 6.45) is 7.54. The molecule has 234 valence electrons. The number of H-pyrrole nitrogens is 1. The van der Waals surface area contributed by atoms with Crippen LogP contribution in [0, 0.1) is 11.8 Å². The lowest BCUT2D eigenvalue weighted by atomic mass is 9.94. The summed E-state index contributed by atoms with van der Waals surface area (Å²) < 4.78 is 5.87. The fraction of sp³-hybridized carbons (Fsp3) is 0.324. The van der Waals surface area contributed by atoms with Crippen LogP contribution in [0.4, 0.5) is 0 Å². The Morgan fingerprint density at radius 1 is 0.844 bits per heavy atom. The van der Waals surface area contributed by atoms with Crippen LogP contribution in [0.5, 0.6) is 0 Å². The second-order valence-corrected chi connectivity index (χ2v) is 11.7. The van der Waals surface area contributed by atoms with Crippen molar-refractivity contribution in [3.8, 4) is 0 Å². The van der Waals surface area contributed by atoms with Gasteiger partial charge in [0.1, 0.15) is 6.61 Å². The lowest BCUT2D eigenvalue weighted by Gasteiger charge is -2.26. The lowest BCUT2D eigenvalue weighted by molar-refractivity contribution is -0.150. The Morgan fingerprint density at radius 2 is 1.51 bits per heavy atom. The average Bonchev–Trinajstić information content (AvgIpc) is 3.47. The van der Waals surface area contributed by atoms with Gasteiger partial charge in [0, 0.05) is 36.6 Å². The molecule has 45 heavy (non-hydrogen) atoms. The van der Waals surface area contributed by atoms with Crippen molar-refractivity contribution in [2.75, 3.05) is 19.8 Å². The first-order valence-corrected chi connectivity index (χ1v) is 15.6. The first-order valence-electron chi connectivity index (χ1n) is 15.6. The number of amides is 2. The topological polar surface area (TPSA) is 112 Å². The number of carbonyl (C=O) groups is 3. The molecule has 1 aliphatic heterocycles. The normalized spacial score (nSPS) is 19.3. The summed E-state index contributed by atoms with van der Waals surface area (Å²) in [6, 6.07) is 26.9. The number of benzene rings is 3. The van der Waals surface area contributed by atoms with Gasteiger partial charge in [0.05, 0.1) is 24.5 Å². The molecule has 2 heterocycles. The molecule has 0 saturated heterocycles. The van der Waals surface area contributed by atoms with Gasteiger partial charge in [-0.2, -0.15) is 0 Å². The average molecular weight is 608 g/mol. The number of esters is 1. The van der Waals surface area contributed by atoms with E-state index in [0.717, 1.165) is 27.6 Å². The van der Waals surface area contributed by atoms with Gasteiger partial charge in [-0.1, -0.05) is 91.0 Å². The van der Waals surface area contributed by atoms with E-state index in [1.165, 1.54) is 0 Å². The summed E-state index contributed by atoms with van der Waals surface area (Å²) in [7, 11) is 0. The number of aliphatic hydroxyl groups excluding tert-OH is 1. The van der Waals surface area contributed by atoms with E-state index >= 15 is 0 Å². The second kappa shape index (κ2) is 15.9. The van der Waals surface area contributed by atoms with Crippen LogP contribution in [0.1, 0.15) is 36.0 Å². The van der Waals surface area contributed by atoms with Crippen LogP contribution >= 0.6 is 0 Å². The fourth-order valence-corrected chi connectivity index (χ4v) is 5.86. The highest BCUT2D eigenvalue weighted by Gasteiger charge is 2.29. The molecule has 4 aromatic rings. The van der Waals surface area contributed by atoms with Crippen molar-refractivity contribution in [1.82, 2.24) is 15.2 Å². The van der Waals surface area contributed by atoms with Crippen LogP contribution in [0.25, 0.3) is 10.9 Å². The number of nitrogens with zero attached hydrogens (tertiary/aromatic N) is 1. The molecule has 8 nitrogen and oxygen atoms in total. The molecule has 0 fully saturated rings. The van der Waals surface area contributed by atoms with Gasteiger partial charge in [0.2, 0.25) is 11.8 Å². The van der Waals surface area contributed by atoms with E-state index in [2.05, 4.69) is 10.3 Å². The van der Waals surface area contributed by atoms with E-state index in [1.807, 2.05) is 103 Å². The molecule has 1 aliphatic rings. The summed E-state index contributed by atoms with van der Waals surface area (Å²) in [5.41, 5.74) is 3.99. The van der Waals surface area contributed by atoms with E-state index in [9.17, 15) is 19.5 Å². The predicted molar refractivity (Wildman–Crippen MR) is 174 cm³/mol. The van der Waals surface area contributed by atoms with Gasteiger partial charge in [0.15, 0.2) is 0 Å². The van der Waals surface area contributed by atoms with Gasteiger partial charge in [-0.25, -0.2) is 0 Å². The summed E-state index contributed by atoms with van der Waals surface area (Å²) >= 11 is 0. The first-order chi connectivity index (χ1) is 22.0. The number of hydrogen-bond acceptors (Lipinski definition) is 5. The molecular formula is C37H41N3O5. The van der Waals surface area contributed by atoms with Crippen molar-refractivity contribution in [3.63, 3.8) is 0 Å². The van der Waals surface area contributed by atoms with Crippen molar-refractivity contribution >= 4 is 28.7 Å². The van der Waals surface area contributed by atoms with E-state index in [-0.39, 0.29) is 49.9 Å². The molecule has 3 unspecified atom stereocenters. The van der Waals surface area contributed by atoms with E-state index in [1.54, 1.807) is 4.90 Å². The van der Waals surface area contributed by atoms with Gasteiger partial charge in [-0.05, 0) is 48.4 Å². The van der Waals surface area contributed by atoms with Crippen molar-refractivity contribution in [1.29, 1.82) is 0 Å². The number of aromatic nitrogens is 1. The van der Waals surface area contributed by atoms with Crippen LogP contribution in [-0.4, -0.2) is 58.6 Å². The highest BCUT2D eigenvalue weighted by Crippen LogP contribution is 2.22. The number of rotatable bonds is 10. The number of aromatic amines is 1. The monoisotopic (exact) mass is 607 g/mol. The number of cyclic esters (lactones) is 1. The number of fused-ring (bicyclic) bond motifs is 1. The van der Waals surface area contributed by atoms with E-state index in [4.69, 9.17) is 4.74 Å². The predicted octanol–water partition coefficient (Wildman–Crippen LogP) is 4.97. The molecule has 2 amide bonds. The minimum Gasteiger partial charge on any atom is -0.463 e. The van der Waals surface area contributed by atoms with Crippen molar-refractivity contribution in [3.05, 3.63) is 120 Å². The van der Waals surface area contributed by atoms with Crippen molar-refractivity contribution in [2.45, 2.75) is 44.7 Å². The van der Waals surface area contributed by atoms with Crippen LogP contribution in [-0.2, 0) is 38.5 Å². The first kappa shape index (κ1) is 31.7. The Balaban J connectivity index is 1.37. The van der Waals surface area contributed by atoms with E-state index < -0.39 is 12.0 Å². The van der Waals surface area contributed by atoms with Gasteiger partial charge in [-0.3, -0.25) is 14.4 Å². The zero-order chi connectivity index (χ0) is 31.4. The minimum absolute atomic E-state index is 0.00392. The molecular weight excluding hydrogens is 566 g/mol. The van der Waals surface area contributed by atoms with Crippen LogP contribution in [0.3, 0.4) is 0 Å². The Hall–Kier alpha value is -4.69. The molecule has 5 rings (SSSR count). The smallest absolute Gasteiger partial charge is 0.309 e. The van der Waals surface area contributed by atoms with Crippen molar-refractivity contribution < 1.29 is 24.2 Å². The molecule has 0 radical (unpaired) electrons. The number of nitrogens with one attached hydrogen (secondary N) is 2. The highest BCUT2D eigenvalue weighted by atomic mass is 16.5. The molecule has 8 heteroatoms. The quantitative estimate of drug-likeness (QED) is 0.174. The Labute approximate surface area is 264 Å². The zero-order valence-corrected chi connectivity index (χ0v) is 25.4. The van der Waals surface area contributed by atoms with Gasteiger partial charge in [-0.15, -0.1) is 0 Å². The summed E-state index contributed by atoms with van der Waals surface area (Å²) in [5.74, 6) is -1.76. The summed E-state index contributed by atoms with van der Waals surface area (Å²) in [6.45, 7) is 0.379. The maximum Gasteiger partial charge on any atom is 0.309 e. The molecule has 3 N–H and O–H groups in total. The van der Waals surface area contributed by atoms with Gasteiger partial charge >= 0.3 is 5.97 Å². The molecule has 3 atom stereocenters. The minimum atomic E-state index is -0.626. The largest absolute Gasteiger partial charge is 0.463 e. The Bertz CT molecular complexity index is 1580. The summed E-state index contributed by atoms with van der Waals surface area (Å²) in [5, 5.41) is 13.8. The molecule has 1 aromatic heterocycles. The van der Waals surface area contributed by atoms with Gasteiger partial charge < -0.3 is 25.0 Å². The third kappa shape index (κ3) is 8.92. The van der Waals surface area contributed by atoms with Crippen LogP contribution in [0.2, 0.25) is 0 Å². The molecule has 0 aliphatic carbocycles. The SMILES string of the molecule is O=C1NC(Cc2c[nH]c3ccccc23)COC(=O)C(Cc2ccccc2)CC=CCC1CC(=O)N(CCO)Cc1ccccc1. The standard InChI is InChI=1S/C37H41N3O5/c41-20-19-40(25-28-13-5-2-6-14-28)35(42)23-29-15-7-8-16-30(21-27-11-3-1-4-12-27)37(44)45-26-32(39-36(29)43)22-31-24-38-34-18-10-9-17-33(31)34/h1-14,17-18,24,29-30,32,38,41H,15-16,19-23,25-26H2,(H,39,43). The molecule has 0 saturated carbocycles. The maximum atomic E-state index is 13.8. The van der Waals surface area contributed by atoms with Crippen molar-refractivity contribution in [2.24, 2.45) is 11.8 Å². The molecule has 3 aromatic carbocycles. The van der Waals surface area contributed by atoms with Gasteiger partial charge in [0.25, 0.3) is 0 Å².